The van der Waals surface area contributed by atoms with Crippen LogP contribution in [0.1, 0.15) is 11.5 Å². The molecule has 0 aliphatic rings. The molecule has 0 atom stereocenters. The molecule has 0 bridgehead atoms. The van der Waals surface area contributed by atoms with Crippen molar-refractivity contribution >= 4 is 22.5 Å². The summed E-state index contributed by atoms with van der Waals surface area (Å²) < 4.78 is 43.9. The minimum absolute atomic E-state index is 0.0945. The van der Waals surface area contributed by atoms with Crippen molar-refractivity contribution in [1.82, 2.24) is 14.7 Å². The zero-order valence-electron chi connectivity index (χ0n) is 15.2. The predicted octanol–water partition coefficient (Wildman–Crippen LogP) is 4.66. The number of hydrogen-bond acceptors (Lipinski definition) is 4. The lowest BCUT2D eigenvalue weighted by atomic mass is 10.1. The van der Waals surface area contributed by atoms with Gasteiger partial charge in [0.25, 0.3) is 0 Å². The molecule has 2 aromatic heterocycles. The summed E-state index contributed by atoms with van der Waals surface area (Å²) in [5.74, 6) is -1.73. The summed E-state index contributed by atoms with van der Waals surface area (Å²) >= 11 is 0. The number of alkyl halides is 3. The van der Waals surface area contributed by atoms with Gasteiger partial charge in [-0.15, -0.1) is 0 Å². The van der Waals surface area contributed by atoms with Crippen LogP contribution in [-0.2, 0) is 17.5 Å². The molecule has 0 spiro atoms. The van der Waals surface area contributed by atoms with E-state index in [0.717, 1.165) is 16.5 Å². The van der Waals surface area contributed by atoms with Gasteiger partial charge in [-0.25, -0.2) is 0 Å². The van der Waals surface area contributed by atoms with Gasteiger partial charge in [0.05, 0.1) is 0 Å². The fourth-order valence-electron chi connectivity index (χ4n) is 3.01. The highest BCUT2D eigenvalue weighted by atomic mass is 19.4. The number of fused-ring (bicyclic) bond motifs is 1. The highest BCUT2D eigenvalue weighted by Crippen LogP contribution is 2.30. The molecule has 6 nitrogen and oxygen atoms in total. The van der Waals surface area contributed by atoms with E-state index in [4.69, 9.17) is 0 Å². The topological polar surface area (TPSA) is 73.0 Å². The van der Waals surface area contributed by atoms with E-state index < -0.39 is 12.1 Å². The second kappa shape index (κ2) is 7.08. The largest absolute Gasteiger partial charge is 0.471 e. The van der Waals surface area contributed by atoms with Crippen LogP contribution in [0.3, 0.4) is 0 Å². The Bertz CT molecular complexity index is 1190. The Morgan fingerprint density at radius 1 is 1.17 bits per heavy atom. The summed E-state index contributed by atoms with van der Waals surface area (Å²) in [6.07, 6.45) is -2.95. The molecule has 0 aliphatic carbocycles. The van der Waals surface area contributed by atoms with Crippen molar-refractivity contribution in [1.29, 1.82) is 0 Å². The molecule has 148 valence electrons. The summed E-state index contributed by atoms with van der Waals surface area (Å²) in [4.78, 5) is 15.7. The number of benzene rings is 2. The number of nitrogens with zero attached hydrogens (tertiary/aromatic N) is 3. The number of nitrogens with one attached hydrogen (secondary N) is 1. The third-order valence-electron chi connectivity index (χ3n) is 4.31. The lowest BCUT2D eigenvalue weighted by Crippen LogP contribution is -2.18. The molecule has 0 saturated heterocycles. The van der Waals surface area contributed by atoms with Crippen LogP contribution in [0, 0.1) is 6.92 Å². The summed E-state index contributed by atoms with van der Waals surface area (Å²) in [6, 6.07) is 14.2. The molecule has 9 heteroatoms. The Hall–Kier alpha value is -3.62. The Morgan fingerprint density at radius 2 is 2.00 bits per heavy atom. The van der Waals surface area contributed by atoms with Gasteiger partial charge in [-0.1, -0.05) is 17.3 Å². The van der Waals surface area contributed by atoms with Crippen molar-refractivity contribution in [2.45, 2.75) is 19.6 Å². The summed E-state index contributed by atoms with van der Waals surface area (Å²) in [7, 11) is 0. The van der Waals surface area contributed by atoms with Crippen LogP contribution in [0.25, 0.3) is 22.3 Å². The standard InChI is InChI=1S/C20H15F3N4O2/c1-12-3-2-4-15(9-12)24-17(28)11-27-8-7-13-10-14(5-6-16(13)27)18-25-19(29-26-18)20(21,22)23/h2-10H,11H2,1H3,(H,24,28). The molecule has 1 amide bonds. The van der Waals surface area contributed by atoms with E-state index in [1.165, 1.54) is 0 Å². The lowest BCUT2D eigenvalue weighted by molar-refractivity contribution is -0.159. The Morgan fingerprint density at radius 3 is 2.72 bits per heavy atom. The smallest absolute Gasteiger partial charge is 0.338 e. The lowest BCUT2D eigenvalue weighted by Gasteiger charge is -2.08. The molecule has 0 unspecified atom stereocenters. The Balaban J connectivity index is 1.54. The van der Waals surface area contributed by atoms with E-state index in [1.54, 1.807) is 35.0 Å². The predicted molar refractivity (Wildman–Crippen MR) is 100 cm³/mol. The molecule has 0 saturated carbocycles. The molecule has 4 aromatic rings. The van der Waals surface area contributed by atoms with Gasteiger partial charge in [0, 0.05) is 28.4 Å². The number of carbonyl (C=O) groups is 1. The van der Waals surface area contributed by atoms with Crippen molar-refractivity contribution in [2.75, 3.05) is 5.32 Å². The number of aryl methyl sites for hydroxylation is 1. The molecule has 29 heavy (non-hydrogen) atoms. The second-order valence-electron chi connectivity index (χ2n) is 6.56. The van der Waals surface area contributed by atoms with Gasteiger partial charge >= 0.3 is 12.1 Å². The summed E-state index contributed by atoms with van der Waals surface area (Å²) in [5.41, 5.74) is 2.90. The number of halogens is 3. The maximum Gasteiger partial charge on any atom is 0.471 e. The third kappa shape index (κ3) is 3.98. The normalized spacial score (nSPS) is 11.7. The van der Waals surface area contributed by atoms with E-state index in [9.17, 15) is 18.0 Å². The van der Waals surface area contributed by atoms with Gasteiger partial charge in [-0.3, -0.25) is 4.79 Å². The molecule has 4 rings (SSSR count). The van der Waals surface area contributed by atoms with Crippen LogP contribution < -0.4 is 5.32 Å². The van der Waals surface area contributed by atoms with Gasteiger partial charge in [-0.2, -0.15) is 18.2 Å². The van der Waals surface area contributed by atoms with Gasteiger partial charge in [0.2, 0.25) is 11.7 Å². The van der Waals surface area contributed by atoms with Crippen LogP contribution in [0.5, 0.6) is 0 Å². The monoisotopic (exact) mass is 400 g/mol. The first kappa shape index (κ1) is 18.7. The maximum atomic E-state index is 12.6. The van der Waals surface area contributed by atoms with Crippen LogP contribution in [-0.4, -0.2) is 20.6 Å². The number of anilines is 1. The van der Waals surface area contributed by atoms with E-state index in [0.29, 0.717) is 11.3 Å². The second-order valence-corrected chi connectivity index (χ2v) is 6.56. The molecule has 1 N–H and O–H groups in total. The fourth-order valence-corrected chi connectivity index (χ4v) is 3.01. The van der Waals surface area contributed by atoms with E-state index in [1.807, 2.05) is 31.2 Å². The minimum atomic E-state index is -4.69. The molecule has 0 fully saturated rings. The molecule has 0 radical (unpaired) electrons. The van der Waals surface area contributed by atoms with Gasteiger partial charge in [-0.05, 0) is 48.9 Å². The molecular weight excluding hydrogens is 385 g/mol. The van der Waals surface area contributed by atoms with E-state index >= 15 is 0 Å². The minimum Gasteiger partial charge on any atom is -0.338 e. The number of amides is 1. The highest BCUT2D eigenvalue weighted by molar-refractivity contribution is 5.92. The van der Waals surface area contributed by atoms with Crippen LogP contribution in [0.2, 0.25) is 0 Å². The Kier molecular flexibility index (Phi) is 4.57. The number of rotatable bonds is 4. The number of hydrogen-bond donors (Lipinski definition) is 1. The van der Waals surface area contributed by atoms with Crippen molar-refractivity contribution in [3.8, 4) is 11.4 Å². The molecule has 2 aromatic carbocycles. The van der Waals surface area contributed by atoms with Crippen molar-refractivity contribution in [2.24, 2.45) is 0 Å². The maximum absolute atomic E-state index is 12.6. The molecule has 0 aliphatic heterocycles. The molecule has 2 heterocycles. The average Bonchev–Trinajstić information content (AvgIpc) is 3.29. The first-order chi connectivity index (χ1) is 13.8. The van der Waals surface area contributed by atoms with Crippen molar-refractivity contribution in [3.05, 3.63) is 66.2 Å². The van der Waals surface area contributed by atoms with Crippen LogP contribution in [0.15, 0.2) is 59.3 Å². The highest BCUT2D eigenvalue weighted by Gasteiger charge is 2.38. The average molecular weight is 400 g/mol. The third-order valence-corrected chi connectivity index (χ3v) is 4.31. The SMILES string of the molecule is Cc1cccc(NC(=O)Cn2ccc3cc(-c4noc(C(F)(F)F)n4)ccc32)c1. The van der Waals surface area contributed by atoms with Crippen LogP contribution >= 0.6 is 0 Å². The van der Waals surface area contributed by atoms with Crippen molar-refractivity contribution in [3.63, 3.8) is 0 Å². The fraction of sp³-hybridized carbons (Fsp3) is 0.150. The molecular formula is C20H15F3N4O2. The number of carbonyl (C=O) groups excluding carboxylic acids is 1. The van der Waals surface area contributed by atoms with E-state index in [-0.39, 0.29) is 18.3 Å². The summed E-state index contributed by atoms with van der Waals surface area (Å²) in [6.45, 7) is 2.03. The first-order valence-electron chi connectivity index (χ1n) is 8.66. The zero-order chi connectivity index (χ0) is 20.6. The van der Waals surface area contributed by atoms with Crippen molar-refractivity contribution < 1.29 is 22.5 Å². The zero-order valence-corrected chi connectivity index (χ0v) is 15.2. The van der Waals surface area contributed by atoms with Gasteiger partial charge in [0.15, 0.2) is 0 Å². The quantitative estimate of drug-likeness (QED) is 0.541. The van der Waals surface area contributed by atoms with E-state index in [2.05, 4.69) is 20.0 Å². The Labute approximate surface area is 162 Å². The number of aromatic nitrogens is 3. The first-order valence-corrected chi connectivity index (χ1v) is 8.66. The van der Waals surface area contributed by atoms with Crippen LogP contribution in [0.4, 0.5) is 18.9 Å². The summed E-state index contributed by atoms with van der Waals surface area (Å²) in [5, 5.41) is 6.97. The van der Waals surface area contributed by atoms with Gasteiger partial charge < -0.3 is 14.4 Å². The van der Waals surface area contributed by atoms with Gasteiger partial charge in [0.1, 0.15) is 6.54 Å².